The van der Waals surface area contributed by atoms with Crippen LogP contribution in [0.15, 0.2) is 46.9 Å². The first-order valence-corrected chi connectivity index (χ1v) is 11.5. The van der Waals surface area contributed by atoms with Gasteiger partial charge in [0.1, 0.15) is 18.1 Å². The molecule has 0 radical (unpaired) electrons. The number of phenolic OH excluding ortho intramolecular Hbond substituents is 1. The van der Waals surface area contributed by atoms with Crippen LogP contribution in [0.4, 0.5) is 5.69 Å². The molecule has 0 aliphatic carbocycles. The Morgan fingerprint density at radius 3 is 2.76 bits per heavy atom. The predicted octanol–water partition coefficient (Wildman–Crippen LogP) is 2.21. The molecule has 1 aliphatic heterocycles. The number of carbonyl (C=O) groups excluding carboxylic acids is 1. The zero-order chi connectivity index (χ0) is 24.0. The normalized spacial score (nSPS) is 14.7. The number of anilines is 1. The maximum absolute atomic E-state index is 13.1. The number of nitrogens with zero attached hydrogens (tertiary/aromatic N) is 2. The van der Waals surface area contributed by atoms with Crippen molar-refractivity contribution in [2.75, 3.05) is 11.3 Å². The van der Waals surface area contributed by atoms with Crippen LogP contribution < -0.4 is 20.5 Å². The van der Waals surface area contributed by atoms with Crippen LogP contribution in [-0.4, -0.2) is 42.4 Å². The molecule has 4 rings (SSSR count). The fraction of sp³-hybridized carbons (Fsp3) is 0.227. The maximum Gasteiger partial charge on any atom is 0.344 e. The number of aromatic nitrogens is 1. The van der Waals surface area contributed by atoms with Gasteiger partial charge in [-0.05, 0) is 57.2 Å². The van der Waals surface area contributed by atoms with Gasteiger partial charge in [0.15, 0.2) is 5.84 Å². The summed E-state index contributed by atoms with van der Waals surface area (Å²) in [7, 11) is -3.90. The highest BCUT2D eigenvalue weighted by Gasteiger charge is 2.27. The summed E-state index contributed by atoms with van der Waals surface area (Å²) >= 11 is 0. The molecule has 33 heavy (non-hydrogen) atoms. The van der Waals surface area contributed by atoms with Crippen LogP contribution in [0.5, 0.6) is 11.5 Å². The number of phenols is 1. The van der Waals surface area contributed by atoms with Crippen LogP contribution in [0.3, 0.4) is 0 Å². The Morgan fingerprint density at radius 1 is 1.24 bits per heavy atom. The minimum absolute atomic E-state index is 0.0357. The van der Waals surface area contributed by atoms with Crippen molar-refractivity contribution in [2.24, 2.45) is 10.1 Å². The topological polar surface area (TPSA) is 156 Å². The molecule has 0 atom stereocenters. The van der Waals surface area contributed by atoms with Crippen LogP contribution >= 0.6 is 0 Å². The van der Waals surface area contributed by atoms with E-state index in [0.29, 0.717) is 33.5 Å². The van der Waals surface area contributed by atoms with Gasteiger partial charge in [-0.15, -0.1) is 4.40 Å². The number of carbonyl (C=O) groups is 1. The first kappa shape index (κ1) is 22.3. The Morgan fingerprint density at radius 2 is 2.00 bits per heavy atom. The van der Waals surface area contributed by atoms with Crippen molar-refractivity contribution in [3.05, 3.63) is 59.3 Å². The molecule has 0 unspecified atom stereocenters. The van der Waals surface area contributed by atoms with Crippen molar-refractivity contribution in [3.8, 4) is 11.5 Å². The number of rotatable bonds is 5. The third-order valence-electron chi connectivity index (χ3n) is 4.95. The first-order valence-electron chi connectivity index (χ1n) is 10.0. The van der Waals surface area contributed by atoms with Crippen LogP contribution in [0.1, 0.15) is 35.5 Å². The fourth-order valence-corrected chi connectivity index (χ4v) is 4.38. The number of amides is 1. The Balaban J connectivity index is 1.56. The van der Waals surface area contributed by atoms with E-state index < -0.39 is 15.7 Å². The van der Waals surface area contributed by atoms with E-state index in [9.17, 15) is 18.3 Å². The molecule has 2 heterocycles. The molecule has 10 nitrogen and oxygen atoms in total. The number of nitrogens with two attached hydrogens (primary N) is 1. The molecule has 2 aromatic carbocycles. The Hall–Kier alpha value is -3.86. The van der Waals surface area contributed by atoms with Gasteiger partial charge >= 0.3 is 10.2 Å². The summed E-state index contributed by atoms with van der Waals surface area (Å²) in [5.74, 6) is -0.171. The molecule has 5 N–H and O–H groups in total. The number of aryl methyl sites for hydroxylation is 1. The minimum atomic E-state index is -3.90. The maximum atomic E-state index is 13.1. The highest BCUT2D eigenvalue weighted by molar-refractivity contribution is 7.91. The number of hydrogen-bond acceptors (Lipinski definition) is 7. The summed E-state index contributed by atoms with van der Waals surface area (Å²) in [5.41, 5.74) is 7.28. The largest absolute Gasteiger partial charge is 0.508 e. The highest BCUT2D eigenvalue weighted by atomic mass is 32.2. The van der Waals surface area contributed by atoms with Gasteiger partial charge < -0.3 is 20.9 Å². The van der Waals surface area contributed by atoms with Crippen LogP contribution in [0.25, 0.3) is 10.9 Å². The van der Waals surface area contributed by atoms with E-state index in [-0.39, 0.29) is 29.8 Å². The quantitative estimate of drug-likeness (QED) is 0.446. The number of pyridine rings is 1. The molecule has 0 saturated carbocycles. The first-order chi connectivity index (χ1) is 15.4. The van der Waals surface area contributed by atoms with Crippen LogP contribution in [0.2, 0.25) is 0 Å². The van der Waals surface area contributed by atoms with E-state index in [1.165, 1.54) is 12.1 Å². The predicted molar refractivity (Wildman–Crippen MR) is 125 cm³/mol. The van der Waals surface area contributed by atoms with Crippen molar-refractivity contribution in [2.45, 2.75) is 26.3 Å². The lowest BCUT2D eigenvalue weighted by molar-refractivity contribution is 0.0882. The van der Waals surface area contributed by atoms with Gasteiger partial charge in [-0.3, -0.25) is 14.5 Å². The Bertz CT molecular complexity index is 1420. The van der Waals surface area contributed by atoms with Crippen molar-refractivity contribution in [1.29, 1.82) is 0 Å². The lowest BCUT2D eigenvalue weighted by Gasteiger charge is -2.28. The van der Waals surface area contributed by atoms with Gasteiger partial charge in [0.25, 0.3) is 5.91 Å². The van der Waals surface area contributed by atoms with Gasteiger partial charge in [-0.1, -0.05) is 6.07 Å². The fourth-order valence-electron chi connectivity index (χ4n) is 3.54. The molecule has 3 aromatic rings. The number of aromatic hydroxyl groups is 1. The average molecular weight is 470 g/mol. The third-order valence-corrected chi connectivity index (χ3v) is 5.86. The zero-order valence-corrected chi connectivity index (χ0v) is 19.0. The molecule has 0 fully saturated rings. The van der Waals surface area contributed by atoms with Gasteiger partial charge in [0.2, 0.25) is 0 Å². The monoisotopic (exact) mass is 469 g/mol. The summed E-state index contributed by atoms with van der Waals surface area (Å²) in [6.07, 6.45) is 0. The summed E-state index contributed by atoms with van der Waals surface area (Å²) in [6, 6.07) is 11.1. The molecule has 1 aromatic heterocycles. The molecule has 172 valence electrons. The van der Waals surface area contributed by atoms with E-state index >= 15 is 0 Å². The lowest BCUT2D eigenvalue weighted by atomic mass is 10.0. The molecule has 0 spiro atoms. The second-order valence-electron chi connectivity index (χ2n) is 8.37. The summed E-state index contributed by atoms with van der Waals surface area (Å²) in [6.45, 7) is 5.42. The second kappa shape index (κ2) is 7.93. The van der Waals surface area contributed by atoms with Crippen LogP contribution in [0, 0.1) is 6.92 Å². The molecule has 1 amide bonds. The van der Waals surface area contributed by atoms with Gasteiger partial charge in [-0.2, -0.15) is 8.42 Å². The lowest BCUT2D eigenvalue weighted by Crippen LogP contribution is -2.48. The number of nitrogens with one attached hydrogen (secondary N) is 2. The molecule has 1 aliphatic rings. The van der Waals surface area contributed by atoms with E-state index in [4.69, 9.17) is 10.5 Å². The van der Waals surface area contributed by atoms with Crippen LogP contribution in [-0.2, 0) is 10.2 Å². The summed E-state index contributed by atoms with van der Waals surface area (Å²) in [5, 5.41) is 13.3. The molecule has 11 heteroatoms. The Labute approximate surface area is 190 Å². The minimum Gasteiger partial charge on any atom is -0.508 e. The molecule has 0 bridgehead atoms. The van der Waals surface area contributed by atoms with Crippen molar-refractivity contribution in [3.63, 3.8) is 0 Å². The Kier molecular flexibility index (Phi) is 5.36. The van der Waals surface area contributed by atoms with Gasteiger partial charge in [0, 0.05) is 11.1 Å². The summed E-state index contributed by atoms with van der Waals surface area (Å²) < 4.78 is 35.2. The van der Waals surface area contributed by atoms with Crippen molar-refractivity contribution >= 4 is 38.5 Å². The number of ether oxygens (including phenoxy) is 1. The van der Waals surface area contributed by atoms with E-state index in [1.807, 2.05) is 0 Å². The molecular weight excluding hydrogens is 446 g/mol. The number of benzene rings is 2. The SMILES string of the molecule is Cc1cc(C(=O)NC(C)(C)COc2cccc3c2C(N)=NS(=O)(=O)N3)c2cc(O)ccc2n1. The average Bonchev–Trinajstić information content (AvgIpc) is 2.70. The van der Waals surface area contributed by atoms with E-state index in [1.54, 1.807) is 51.1 Å². The molecular formula is C22H23N5O5S. The third kappa shape index (κ3) is 4.67. The van der Waals surface area contributed by atoms with E-state index in [2.05, 4.69) is 19.4 Å². The number of fused-ring (bicyclic) bond motifs is 2. The smallest absolute Gasteiger partial charge is 0.344 e. The highest BCUT2D eigenvalue weighted by Crippen LogP contribution is 2.31. The zero-order valence-electron chi connectivity index (χ0n) is 18.2. The van der Waals surface area contributed by atoms with Crippen molar-refractivity contribution < 1.29 is 23.1 Å². The van der Waals surface area contributed by atoms with Gasteiger partial charge in [-0.25, -0.2) is 0 Å². The number of hydrogen-bond donors (Lipinski definition) is 4. The van der Waals surface area contributed by atoms with Gasteiger partial charge in [0.05, 0.1) is 27.9 Å². The van der Waals surface area contributed by atoms with E-state index in [0.717, 1.165) is 0 Å². The standard InChI is InChI=1S/C22H23N5O5S/c1-12-9-15(14-10-13(28)7-8-16(14)24-12)21(29)25-22(2,3)11-32-18-6-4-5-17-19(18)20(23)27-33(30,31)26-17/h4-10,26,28H,11H2,1-3H3,(H2,23,27)(H,25,29). The second-order valence-corrected chi connectivity index (χ2v) is 9.71. The molecule has 0 saturated heterocycles. The summed E-state index contributed by atoms with van der Waals surface area (Å²) in [4.78, 5) is 17.5. The van der Waals surface area contributed by atoms with Crippen molar-refractivity contribution in [1.82, 2.24) is 10.3 Å². The number of amidine groups is 1.